The number of aromatic nitrogens is 1. The molecule has 170 valence electrons. The van der Waals surface area contributed by atoms with Crippen LogP contribution in [0.2, 0.25) is 0 Å². The van der Waals surface area contributed by atoms with E-state index in [4.69, 9.17) is 0 Å². The third-order valence-corrected chi connectivity index (χ3v) is 7.17. The zero-order valence-corrected chi connectivity index (χ0v) is 19.4. The molecule has 4 aromatic rings. The van der Waals surface area contributed by atoms with Gasteiger partial charge >= 0.3 is 0 Å². The van der Waals surface area contributed by atoms with Gasteiger partial charge in [-0.1, -0.05) is 48.5 Å². The molecule has 3 heterocycles. The van der Waals surface area contributed by atoms with Crippen LogP contribution in [0, 0.1) is 11.3 Å². The molecule has 0 radical (unpaired) electrons. The number of carbonyl (C=O) groups is 1. The number of anilines is 1. The Morgan fingerprint density at radius 3 is 2.59 bits per heavy atom. The van der Waals surface area contributed by atoms with E-state index >= 15 is 0 Å². The van der Waals surface area contributed by atoms with E-state index in [0.29, 0.717) is 23.7 Å². The number of rotatable bonds is 5. The minimum absolute atomic E-state index is 0.0429. The molecule has 1 fully saturated rings. The number of fused-ring (bicyclic) bond motifs is 1. The van der Waals surface area contributed by atoms with E-state index in [0.717, 1.165) is 35.7 Å². The van der Waals surface area contributed by atoms with E-state index in [-0.39, 0.29) is 23.1 Å². The minimum Gasteiger partial charge on any atom is -0.370 e. The predicted octanol–water partition coefficient (Wildman–Crippen LogP) is 4.45. The Balaban J connectivity index is 1.39. The maximum atomic E-state index is 12.8. The lowest BCUT2D eigenvalue weighted by Gasteiger charge is -2.34. The SMILES string of the molecule is N#Cc1c(N2CCC(NC(=O)c3cccs3)CC2)c2ccc(Cc3ccccc3)cc2[nH]c1=O. The second kappa shape index (κ2) is 9.54. The van der Waals surface area contributed by atoms with Crippen molar-refractivity contribution in [3.63, 3.8) is 0 Å². The zero-order valence-electron chi connectivity index (χ0n) is 18.6. The molecular weight excluding hydrogens is 444 g/mol. The molecule has 6 nitrogen and oxygen atoms in total. The fourth-order valence-corrected chi connectivity index (χ4v) is 5.24. The topological polar surface area (TPSA) is 89.0 Å². The van der Waals surface area contributed by atoms with Gasteiger partial charge in [-0.2, -0.15) is 5.26 Å². The van der Waals surface area contributed by atoms with Crippen LogP contribution in [0.1, 0.15) is 39.2 Å². The second-order valence-electron chi connectivity index (χ2n) is 8.54. The number of carbonyl (C=O) groups excluding carboxylic acids is 1. The lowest BCUT2D eigenvalue weighted by Crippen LogP contribution is -2.45. The summed E-state index contributed by atoms with van der Waals surface area (Å²) < 4.78 is 0. The largest absolute Gasteiger partial charge is 0.370 e. The molecule has 5 rings (SSSR count). The molecule has 0 atom stereocenters. The van der Waals surface area contributed by atoms with Gasteiger partial charge in [0.25, 0.3) is 11.5 Å². The average Bonchev–Trinajstić information content (AvgIpc) is 3.40. The summed E-state index contributed by atoms with van der Waals surface area (Å²) in [4.78, 5) is 30.9. The van der Waals surface area contributed by atoms with Crippen molar-refractivity contribution in [3.05, 3.63) is 98.0 Å². The lowest BCUT2D eigenvalue weighted by molar-refractivity contribution is 0.0935. The molecule has 0 saturated carbocycles. The van der Waals surface area contributed by atoms with Crippen LogP contribution in [0.15, 0.2) is 70.8 Å². The molecule has 0 spiro atoms. The zero-order chi connectivity index (χ0) is 23.5. The maximum Gasteiger partial charge on any atom is 0.268 e. The third-order valence-electron chi connectivity index (χ3n) is 6.31. The number of amides is 1. The van der Waals surface area contributed by atoms with Crippen molar-refractivity contribution in [2.75, 3.05) is 18.0 Å². The summed E-state index contributed by atoms with van der Waals surface area (Å²) in [6, 6.07) is 22.1. The van der Waals surface area contributed by atoms with Crippen molar-refractivity contribution in [1.29, 1.82) is 5.26 Å². The Morgan fingerprint density at radius 2 is 1.88 bits per heavy atom. The fraction of sp³-hybridized carbons (Fsp3) is 0.222. The highest BCUT2D eigenvalue weighted by Gasteiger charge is 2.25. The number of nitriles is 1. The van der Waals surface area contributed by atoms with Gasteiger partial charge in [0.2, 0.25) is 0 Å². The Hall–Kier alpha value is -3.89. The van der Waals surface area contributed by atoms with Gasteiger partial charge in [-0.05, 0) is 47.9 Å². The van der Waals surface area contributed by atoms with Gasteiger partial charge in [0.1, 0.15) is 11.6 Å². The number of hydrogen-bond acceptors (Lipinski definition) is 5. The van der Waals surface area contributed by atoms with Crippen molar-refractivity contribution in [2.45, 2.75) is 25.3 Å². The molecule has 1 aliphatic heterocycles. The number of thiophene rings is 1. The normalized spacial score (nSPS) is 14.1. The summed E-state index contributed by atoms with van der Waals surface area (Å²) >= 11 is 1.43. The number of piperidine rings is 1. The van der Waals surface area contributed by atoms with E-state index in [2.05, 4.69) is 39.5 Å². The average molecular weight is 469 g/mol. The van der Waals surface area contributed by atoms with Crippen molar-refractivity contribution >= 4 is 33.8 Å². The molecule has 2 N–H and O–H groups in total. The van der Waals surface area contributed by atoms with Crippen LogP contribution in [-0.4, -0.2) is 30.0 Å². The predicted molar refractivity (Wildman–Crippen MR) is 136 cm³/mol. The first-order chi connectivity index (χ1) is 16.6. The Labute approximate surface area is 201 Å². The molecule has 34 heavy (non-hydrogen) atoms. The number of benzene rings is 2. The quantitative estimate of drug-likeness (QED) is 0.453. The van der Waals surface area contributed by atoms with Gasteiger partial charge in [-0.25, -0.2) is 0 Å². The molecule has 2 aromatic heterocycles. The highest BCUT2D eigenvalue weighted by Crippen LogP contribution is 2.31. The number of nitrogens with zero attached hydrogens (tertiary/aromatic N) is 2. The first-order valence-electron chi connectivity index (χ1n) is 11.3. The van der Waals surface area contributed by atoms with Crippen LogP contribution in [0.25, 0.3) is 10.9 Å². The monoisotopic (exact) mass is 468 g/mol. The number of hydrogen-bond donors (Lipinski definition) is 2. The molecule has 1 aliphatic rings. The first-order valence-corrected chi connectivity index (χ1v) is 12.2. The highest BCUT2D eigenvalue weighted by atomic mass is 32.1. The van der Waals surface area contributed by atoms with Crippen LogP contribution < -0.4 is 15.8 Å². The van der Waals surface area contributed by atoms with Crippen molar-refractivity contribution in [2.24, 2.45) is 0 Å². The van der Waals surface area contributed by atoms with E-state index in [9.17, 15) is 14.9 Å². The summed E-state index contributed by atoms with van der Waals surface area (Å²) in [6.45, 7) is 1.32. The third kappa shape index (κ3) is 4.45. The first kappa shape index (κ1) is 21.9. The highest BCUT2D eigenvalue weighted by molar-refractivity contribution is 7.12. The van der Waals surface area contributed by atoms with Gasteiger partial charge in [0.15, 0.2) is 0 Å². The minimum atomic E-state index is -0.366. The summed E-state index contributed by atoms with van der Waals surface area (Å²) in [5.74, 6) is -0.0429. The maximum absolute atomic E-state index is 12.8. The van der Waals surface area contributed by atoms with Crippen molar-refractivity contribution < 1.29 is 4.79 Å². The van der Waals surface area contributed by atoms with E-state index < -0.39 is 0 Å². The van der Waals surface area contributed by atoms with Gasteiger partial charge in [0, 0.05) is 24.5 Å². The molecule has 2 aromatic carbocycles. The molecule has 7 heteroatoms. The van der Waals surface area contributed by atoms with Gasteiger partial charge in [0.05, 0.1) is 16.1 Å². The van der Waals surface area contributed by atoms with Gasteiger partial charge < -0.3 is 15.2 Å². The summed E-state index contributed by atoms with van der Waals surface area (Å²) in [7, 11) is 0. The van der Waals surface area contributed by atoms with Crippen molar-refractivity contribution in [1.82, 2.24) is 10.3 Å². The van der Waals surface area contributed by atoms with Crippen molar-refractivity contribution in [3.8, 4) is 6.07 Å². The molecule has 1 saturated heterocycles. The molecule has 1 amide bonds. The fourth-order valence-electron chi connectivity index (χ4n) is 4.61. The molecular formula is C27H24N4O2S. The second-order valence-corrected chi connectivity index (χ2v) is 9.49. The van der Waals surface area contributed by atoms with Crippen LogP contribution in [0.5, 0.6) is 0 Å². The van der Waals surface area contributed by atoms with E-state index in [1.54, 1.807) is 0 Å². The lowest BCUT2D eigenvalue weighted by atomic mass is 9.99. The molecule has 0 bridgehead atoms. The van der Waals surface area contributed by atoms with Gasteiger partial charge in [-0.3, -0.25) is 9.59 Å². The van der Waals surface area contributed by atoms with E-state index in [1.807, 2.05) is 47.8 Å². The van der Waals surface area contributed by atoms with Crippen LogP contribution >= 0.6 is 11.3 Å². The van der Waals surface area contributed by atoms with Crippen LogP contribution in [0.3, 0.4) is 0 Å². The van der Waals surface area contributed by atoms with Crippen LogP contribution in [-0.2, 0) is 6.42 Å². The number of nitrogens with one attached hydrogen (secondary N) is 2. The summed E-state index contributed by atoms with van der Waals surface area (Å²) in [6.07, 6.45) is 2.27. The summed E-state index contributed by atoms with van der Waals surface area (Å²) in [5.41, 5.74) is 3.50. The Morgan fingerprint density at radius 1 is 1.09 bits per heavy atom. The van der Waals surface area contributed by atoms with Crippen LogP contribution in [0.4, 0.5) is 5.69 Å². The van der Waals surface area contributed by atoms with Gasteiger partial charge in [-0.15, -0.1) is 11.3 Å². The molecule has 0 unspecified atom stereocenters. The van der Waals surface area contributed by atoms with E-state index in [1.165, 1.54) is 16.9 Å². The number of aromatic amines is 1. The Bertz CT molecular complexity index is 1410. The molecule has 0 aliphatic carbocycles. The smallest absolute Gasteiger partial charge is 0.268 e. The standard InChI is InChI=1S/C27H24N4O2S/c28-17-22-25(31-12-10-20(11-13-31)29-27(33)24-7-4-14-34-24)21-9-8-19(16-23(21)30-26(22)32)15-18-5-2-1-3-6-18/h1-9,14,16,20H,10-13,15H2,(H,29,33)(H,30,32). The number of pyridine rings is 1. The number of H-pyrrole nitrogens is 1. The Kier molecular flexibility index (Phi) is 6.15. The summed E-state index contributed by atoms with van der Waals surface area (Å²) in [5, 5.41) is 15.6.